The fourth-order valence-electron chi connectivity index (χ4n) is 3.53. The molecule has 0 unspecified atom stereocenters. The Labute approximate surface area is 163 Å². The van der Waals surface area contributed by atoms with Crippen LogP contribution >= 0.6 is 11.3 Å². The number of amides is 1. The summed E-state index contributed by atoms with van der Waals surface area (Å²) in [4.78, 5) is 19.3. The topological polar surface area (TPSA) is 45.2 Å². The van der Waals surface area contributed by atoms with Crippen LogP contribution in [0.2, 0.25) is 0 Å². The summed E-state index contributed by atoms with van der Waals surface area (Å²) in [5.41, 5.74) is 6.07. The highest BCUT2D eigenvalue weighted by Gasteiger charge is 2.17. The van der Waals surface area contributed by atoms with Crippen LogP contribution < -0.4 is 5.32 Å². The Morgan fingerprint density at radius 1 is 1.19 bits per heavy atom. The molecule has 4 rings (SSSR count). The molecule has 0 saturated heterocycles. The van der Waals surface area contributed by atoms with E-state index in [1.165, 1.54) is 28.0 Å². The average molecular weight is 378 g/mol. The number of benzene rings is 2. The number of fused-ring (bicyclic) bond motifs is 1. The number of carbonyl (C=O) groups excluding carboxylic acids is 1. The van der Waals surface area contributed by atoms with Crippen molar-refractivity contribution in [3.63, 3.8) is 0 Å². The number of carbonyl (C=O) groups is 1. The fourth-order valence-corrected chi connectivity index (χ4v) is 4.24. The van der Waals surface area contributed by atoms with Gasteiger partial charge < -0.3 is 5.32 Å². The summed E-state index contributed by atoms with van der Waals surface area (Å²) >= 11 is 1.50. The summed E-state index contributed by atoms with van der Waals surface area (Å²) in [7, 11) is 0. The number of nitrogens with zero attached hydrogens (tertiary/aromatic N) is 2. The lowest BCUT2D eigenvalue weighted by atomic mass is 10.00. The van der Waals surface area contributed by atoms with Crippen LogP contribution in [-0.2, 0) is 30.7 Å². The van der Waals surface area contributed by atoms with E-state index in [2.05, 4.69) is 39.5 Å². The van der Waals surface area contributed by atoms with Crippen molar-refractivity contribution in [1.29, 1.82) is 0 Å². The van der Waals surface area contributed by atoms with Gasteiger partial charge in [-0.3, -0.25) is 9.69 Å². The molecule has 0 fully saturated rings. The second kappa shape index (κ2) is 8.03. The van der Waals surface area contributed by atoms with Gasteiger partial charge in [-0.2, -0.15) is 0 Å². The van der Waals surface area contributed by atoms with Crippen molar-refractivity contribution in [2.24, 2.45) is 0 Å². The number of anilines is 1. The zero-order valence-corrected chi connectivity index (χ0v) is 16.3. The summed E-state index contributed by atoms with van der Waals surface area (Å²) in [5, 5.41) is 5.66. The summed E-state index contributed by atoms with van der Waals surface area (Å²) in [5.74, 6) is -0.0200. The quantitative estimate of drug-likeness (QED) is 0.725. The van der Waals surface area contributed by atoms with Gasteiger partial charge in [-0.1, -0.05) is 54.1 Å². The number of thiazole rings is 1. The first-order valence-electron chi connectivity index (χ1n) is 9.25. The fraction of sp³-hybridized carbons (Fsp3) is 0.273. The second-order valence-electron chi connectivity index (χ2n) is 7.09. The largest absolute Gasteiger partial charge is 0.302 e. The monoisotopic (exact) mass is 377 g/mol. The van der Waals surface area contributed by atoms with E-state index in [1.807, 2.05) is 36.6 Å². The number of hydrogen-bond donors (Lipinski definition) is 1. The van der Waals surface area contributed by atoms with Crippen molar-refractivity contribution in [2.75, 3.05) is 11.9 Å². The predicted octanol–water partition coefficient (Wildman–Crippen LogP) is 4.19. The molecule has 138 valence electrons. The van der Waals surface area contributed by atoms with Crippen LogP contribution in [0.5, 0.6) is 0 Å². The molecule has 27 heavy (non-hydrogen) atoms. The lowest BCUT2D eigenvalue weighted by Gasteiger charge is -2.27. The van der Waals surface area contributed by atoms with E-state index in [0.717, 1.165) is 37.3 Å². The lowest BCUT2D eigenvalue weighted by Crippen LogP contribution is -2.30. The first-order chi connectivity index (χ1) is 13.2. The van der Waals surface area contributed by atoms with E-state index in [4.69, 9.17) is 0 Å². The first kappa shape index (κ1) is 17.9. The Kier molecular flexibility index (Phi) is 5.32. The van der Waals surface area contributed by atoms with Crippen molar-refractivity contribution >= 4 is 22.4 Å². The van der Waals surface area contributed by atoms with Crippen LogP contribution in [0.3, 0.4) is 0 Å². The van der Waals surface area contributed by atoms with E-state index in [1.54, 1.807) is 0 Å². The van der Waals surface area contributed by atoms with Gasteiger partial charge in [0.15, 0.2) is 5.13 Å². The van der Waals surface area contributed by atoms with Crippen molar-refractivity contribution in [3.8, 4) is 0 Å². The molecular formula is C22H23N3OS. The van der Waals surface area contributed by atoms with Crippen LogP contribution in [0.15, 0.2) is 53.9 Å². The third kappa shape index (κ3) is 4.62. The highest BCUT2D eigenvalue weighted by molar-refractivity contribution is 7.13. The minimum Gasteiger partial charge on any atom is -0.302 e. The summed E-state index contributed by atoms with van der Waals surface area (Å²) in [6.07, 6.45) is 1.46. The zero-order valence-electron chi connectivity index (χ0n) is 15.4. The smallest absolute Gasteiger partial charge is 0.230 e. The maximum atomic E-state index is 12.3. The molecule has 4 nitrogen and oxygen atoms in total. The van der Waals surface area contributed by atoms with E-state index in [9.17, 15) is 4.79 Å². The van der Waals surface area contributed by atoms with Gasteiger partial charge in [0.2, 0.25) is 5.91 Å². The highest BCUT2D eigenvalue weighted by atomic mass is 32.1. The Bertz CT molecular complexity index is 950. The standard InChI is InChI=1S/C22H23N3OS/c1-16-5-4-6-17(11-16)12-21(26)24-22-23-20(15-27-22)14-25-10-9-18-7-2-3-8-19(18)13-25/h2-8,11,15H,9-10,12-14H2,1H3,(H,23,24,26). The van der Waals surface area contributed by atoms with Crippen LogP contribution in [-0.4, -0.2) is 22.3 Å². The number of nitrogens with one attached hydrogen (secondary N) is 1. The Morgan fingerprint density at radius 3 is 2.89 bits per heavy atom. The molecule has 3 aromatic rings. The van der Waals surface area contributed by atoms with Gasteiger partial charge in [0.25, 0.3) is 0 Å². The SMILES string of the molecule is Cc1cccc(CC(=O)Nc2nc(CN3CCc4ccccc4C3)cs2)c1. The molecule has 0 bridgehead atoms. The molecule has 0 radical (unpaired) electrons. The molecule has 1 N–H and O–H groups in total. The Morgan fingerprint density at radius 2 is 2.04 bits per heavy atom. The third-order valence-electron chi connectivity index (χ3n) is 4.84. The van der Waals surface area contributed by atoms with Gasteiger partial charge in [-0.25, -0.2) is 4.98 Å². The maximum absolute atomic E-state index is 12.3. The number of aromatic nitrogens is 1. The molecule has 2 aromatic carbocycles. The van der Waals surface area contributed by atoms with E-state index >= 15 is 0 Å². The summed E-state index contributed by atoms with van der Waals surface area (Å²) in [6, 6.07) is 16.7. The van der Waals surface area contributed by atoms with Crippen LogP contribution in [0.1, 0.15) is 27.9 Å². The minimum absolute atomic E-state index is 0.0200. The molecular weight excluding hydrogens is 354 g/mol. The minimum atomic E-state index is -0.0200. The first-order valence-corrected chi connectivity index (χ1v) is 10.1. The summed E-state index contributed by atoms with van der Waals surface area (Å²) in [6.45, 7) is 4.86. The molecule has 2 heterocycles. The van der Waals surface area contributed by atoms with Crippen LogP contribution in [0, 0.1) is 6.92 Å². The predicted molar refractivity (Wildman–Crippen MR) is 110 cm³/mol. The molecule has 1 aliphatic heterocycles. The third-order valence-corrected chi connectivity index (χ3v) is 5.65. The Hall–Kier alpha value is -2.50. The van der Waals surface area contributed by atoms with Crippen molar-refractivity contribution in [3.05, 3.63) is 81.9 Å². The van der Waals surface area contributed by atoms with Gasteiger partial charge in [-0.05, 0) is 30.0 Å². The zero-order chi connectivity index (χ0) is 18.6. The van der Waals surface area contributed by atoms with Gasteiger partial charge in [-0.15, -0.1) is 11.3 Å². The molecule has 1 aliphatic rings. The summed E-state index contributed by atoms with van der Waals surface area (Å²) < 4.78 is 0. The molecule has 5 heteroatoms. The molecule has 0 aliphatic carbocycles. The van der Waals surface area contributed by atoms with Gasteiger partial charge >= 0.3 is 0 Å². The molecule has 1 aromatic heterocycles. The molecule has 0 saturated carbocycles. The highest BCUT2D eigenvalue weighted by Crippen LogP contribution is 2.22. The molecule has 0 spiro atoms. The average Bonchev–Trinajstić information content (AvgIpc) is 3.08. The normalized spacial score (nSPS) is 14.0. The molecule has 1 amide bonds. The van der Waals surface area contributed by atoms with Crippen molar-refractivity contribution < 1.29 is 4.79 Å². The Balaban J connectivity index is 1.33. The maximum Gasteiger partial charge on any atom is 0.230 e. The van der Waals surface area contributed by atoms with Gasteiger partial charge in [0.05, 0.1) is 12.1 Å². The lowest BCUT2D eigenvalue weighted by molar-refractivity contribution is -0.115. The van der Waals surface area contributed by atoms with E-state index < -0.39 is 0 Å². The number of rotatable bonds is 5. The van der Waals surface area contributed by atoms with Crippen molar-refractivity contribution in [2.45, 2.75) is 32.9 Å². The van der Waals surface area contributed by atoms with Crippen LogP contribution in [0.25, 0.3) is 0 Å². The molecule has 0 atom stereocenters. The number of aryl methyl sites for hydroxylation is 1. The van der Waals surface area contributed by atoms with Crippen molar-refractivity contribution in [1.82, 2.24) is 9.88 Å². The number of hydrogen-bond acceptors (Lipinski definition) is 4. The van der Waals surface area contributed by atoms with Gasteiger partial charge in [0, 0.05) is 25.0 Å². The van der Waals surface area contributed by atoms with E-state index in [0.29, 0.717) is 11.6 Å². The second-order valence-corrected chi connectivity index (χ2v) is 7.95. The van der Waals surface area contributed by atoms with E-state index in [-0.39, 0.29) is 5.91 Å². The van der Waals surface area contributed by atoms with Crippen LogP contribution in [0.4, 0.5) is 5.13 Å². The van der Waals surface area contributed by atoms with Gasteiger partial charge in [0.1, 0.15) is 0 Å².